The second kappa shape index (κ2) is 7.72. The standard InChI is InChI=1S/C13H23N3O4/c1-8(9-5-3-2-4-6-9)15-13(20)16-10(12(18)19)7-11(14)17/h8-10H,2-7H2,1H3,(H2,14,17)(H,18,19)(H2,15,16,20)/t8?,10-/m0/s1. The van der Waals surface area contributed by atoms with Crippen LogP contribution >= 0.6 is 0 Å². The minimum Gasteiger partial charge on any atom is -0.480 e. The molecule has 20 heavy (non-hydrogen) atoms. The Bertz CT molecular complexity index is 367. The van der Waals surface area contributed by atoms with E-state index in [9.17, 15) is 14.4 Å². The number of amides is 3. The van der Waals surface area contributed by atoms with Crippen molar-refractivity contribution in [2.45, 2.75) is 57.5 Å². The fourth-order valence-corrected chi connectivity index (χ4v) is 2.56. The zero-order valence-electron chi connectivity index (χ0n) is 11.7. The fraction of sp³-hybridized carbons (Fsp3) is 0.769. The van der Waals surface area contributed by atoms with Crippen LogP contribution in [0.15, 0.2) is 0 Å². The number of hydrogen-bond acceptors (Lipinski definition) is 3. The Morgan fingerprint density at radius 2 is 1.80 bits per heavy atom. The van der Waals surface area contributed by atoms with Crippen molar-refractivity contribution in [2.24, 2.45) is 11.7 Å². The molecule has 5 N–H and O–H groups in total. The molecular weight excluding hydrogens is 262 g/mol. The molecule has 0 heterocycles. The highest BCUT2D eigenvalue weighted by Gasteiger charge is 2.25. The van der Waals surface area contributed by atoms with Gasteiger partial charge in [-0.3, -0.25) is 4.79 Å². The van der Waals surface area contributed by atoms with Crippen LogP contribution in [0.25, 0.3) is 0 Å². The maximum atomic E-state index is 11.8. The Morgan fingerprint density at radius 3 is 2.30 bits per heavy atom. The van der Waals surface area contributed by atoms with E-state index in [2.05, 4.69) is 10.6 Å². The van der Waals surface area contributed by atoms with Crippen LogP contribution in [0.3, 0.4) is 0 Å². The summed E-state index contributed by atoms with van der Waals surface area (Å²) >= 11 is 0. The van der Waals surface area contributed by atoms with E-state index < -0.39 is 30.4 Å². The number of aliphatic carboxylic acids is 1. The molecular formula is C13H23N3O4. The molecule has 2 atom stereocenters. The number of nitrogens with two attached hydrogens (primary N) is 1. The lowest BCUT2D eigenvalue weighted by molar-refractivity contribution is -0.140. The average molecular weight is 285 g/mol. The van der Waals surface area contributed by atoms with E-state index in [1.165, 1.54) is 6.42 Å². The summed E-state index contributed by atoms with van der Waals surface area (Å²) in [5.41, 5.74) is 4.95. The second-order valence-electron chi connectivity index (χ2n) is 5.37. The SMILES string of the molecule is CC(NC(=O)N[C@@H](CC(N)=O)C(=O)O)C1CCCCC1. The second-order valence-corrected chi connectivity index (χ2v) is 5.37. The van der Waals surface area contributed by atoms with E-state index in [0.29, 0.717) is 5.92 Å². The first-order valence-corrected chi connectivity index (χ1v) is 6.98. The Morgan fingerprint density at radius 1 is 1.20 bits per heavy atom. The minimum absolute atomic E-state index is 0.0154. The van der Waals surface area contributed by atoms with Crippen molar-refractivity contribution >= 4 is 17.9 Å². The molecule has 1 saturated carbocycles. The predicted molar refractivity (Wildman–Crippen MR) is 72.9 cm³/mol. The van der Waals surface area contributed by atoms with Crippen molar-refractivity contribution in [2.75, 3.05) is 0 Å². The minimum atomic E-state index is -1.29. The van der Waals surface area contributed by atoms with Crippen molar-refractivity contribution in [3.8, 4) is 0 Å². The molecule has 0 bridgehead atoms. The predicted octanol–water partition coefficient (Wildman–Crippen LogP) is 0.583. The Hall–Kier alpha value is -1.79. The molecule has 0 aromatic heterocycles. The molecule has 1 fully saturated rings. The molecule has 0 saturated heterocycles. The molecule has 1 aliphatic rings. The Kier molecular flexibility index (Phi) is 6.27. The van der Waals surface area contributed by atoms with Crippen molar-refractivity contribution in [3.05, 3.63) is 0 Å². The summed E-state index contributed by atoms with van der Waals surface area (Å²) < 4.78 is 0. The molecule has 114 valence electrons. The summed E-state index contributed by atoms with van der Waals surface area (Å²) in [4.78, 5) is 33.4. The lowest BCUT2D eigenvalue weighted by Gasteiger charge is -2.28. The van der Waals surface area contributed by atoms with Gasteiger partial charge in [0.1, 0.15) is 6.04 Å². The van der Waals surface area contributed by atoms with Gasteiger partial charge in [-0.1, -0.05) is 19.3 Å². The van der Waals surface area contributed by atoms with Crippen LogP contribution in [0.4, 0.5) is 4.79 Å². The third-order valence-corrected chi connectivity index (χ3v) is 3.72. The molecule has 0 aliphatic heterocycles. The number of carboxylic acids is 1. The topological polar surface area (TPSA) is 122 Å². The zero-order chi connectivity index (χ0) is 15.1. The third kappa shape index (κ3) is 5.46. The lowest BCUT2D eigenvalue weighted by atomic mass is 9.85. The van der Waals surface area contributed by atoms with Gasteiger partial charge in [0.2, 0.25) is 5.91 Å². The molecule has 0 spiro atoms. The number of carbonyl (C=O) groups excluding carboxylic acids is 2. The first-order chi connectivity index (χ1) is 9.40. The maximum absolute atomic E-state index is 11.8. The van der Waals surface area contributed by atoms with Crippen molar-refractivity contribution < 1.29 is 19.5 Å². The van der Waals surface area contributed by atoms with Crippen LogP contribution < -0.4 is 16.4 Å². The van der Waals surface area contributed by atoms with Crippen molar-refractivity contribution in [1.82, 2.24) is 10.6 Å². The van der Waals surface area contributed by atoms with Gasteiger partial charge < -0.3 is 21.5 Å². The highest BCUT2D eigenvalue weighted by molar-refractivity contribution is 5.87. The molecule has 1 rings (SSSR count). The number of carbonyl (C=O) groups is 3. The average Bonchev–Trinajstić information content (AvgIpc) is 2.38. The van der Waals surface area contributed by atoms with E-state index in [4.69, 9.17) is 10.8 Å². The van der Waals surface area contributed by atoms with Crippen LogP contribution in [-0.2, 0) is 9.59 Å². The molecule has 1 unspecified atom stereocenters. The normalized spacial score (nSPS) is 18.9. The molecule has 0 radical (unpaired) electrons. The van der Waals surface area contributed by atoms with Crippen molar-refractivity contribution in [3.63, 3.8) is 0 Å². The van der Waals surface area contributed by atoms with Gasteiger partial charge in [0.05, 0.1) is 6.42 Å². The van der Waals surface area contributed by atoms with Crippen LogP contribution in [0.2, 0.25) is 0 Å². The monoisotopic (exact) mass is 285 g/mol. The Balaban J connectivity index is 2.43. The molecule has 7 heteroatoms. The third-order valence-electron chi connectivity index (χ3n) is 3.72. The van der Waals surface area contributed by atoms with Gasteiger partial charge in [-0.05, 0) is 25.7 Å². The number of carboxylic acid groups (broad SMARTS) is 1. The molecule has 0 aromatic rings. The molecule has 3 amide bonds. The molecule has 0 aromatic carbocycles. The summed E-state index contributed by atoms with van der Waals surface area (Å²) in [7, 11) is 0. The number of primary amides is 1. The van der Waals surface area contributed by atoms with Gasteiger partial charge in [0.25, 0.3) is 0 Å². The lowest BCUT2D eigenvalue weighted by Crippen LogP contribution is -2.51. The smallest absolute Gasteiger partial charge is 0.326 e. The van der Waals surface area contributed by atoms with E-state index in [1.54, 1.807) is 0 Å². The summed E-state index contributed by atoms with van der Waals surface area (Å²) in [6, 6.07) is -1.87. The van der Waals surface area contributed by atoms with Gasteiger partial charge >= 0.3 is 12.0 Å². The highest BCUT2D eigenvalue weighted by atomic mass is 16.4. The first kappa shape index (κ1) is 16.3. The van der Waals surface area contributed by atoms with E-state index in [0.717, 1.165) is 25.7 Å². The van der Waals surface area contributed by atoms with Crippen LogP contribution in [-0.4, -0.2) is 35.1 Å². The largest absolute Gasteiger partial charge is 0.480 e. The number of urea groups is 1. The van der Waals surface area contributed by atoms with E-state index >= 15 is 0 Å². The summed E-state index contributed by atoms with van der Waals surface area (Å²) in [6.45, 7) is 1.92. The fourth-order valence-electron chi connectivity index (χ4n) is 2.56. The van der Waals surface area contributed by atoms with Gasteiger partial charge in [0, 0.05) is 6.04 Å². The van der Waals surface area contributed by atoms with E-state index in [1.807, 2.05) is 6.92 Å². The van der Waals surface area contributed by atoms with Gasteiger partial charge in [-0.25, -0.2) is 9.59 Å². The summed E-state index contributed by atoms with van der Waals surface area (Å²) in [5.74, 6) is -1.61. The van der Waals surface area contributed by atoms with Crippen LogP contribution in [0, 0.1) is 5.92 Å². The van der Waals surface area contributed by atoms with Crippen LogP contribution in [0.1, 0.15) is 45.4 Å². The number of hydrogen-bond donors (Lipinski definition) is 4. The van der Waals surface area contributed by atoms with Crippen molar-refractivity contribution in [1.29, 1.82) is 0 Å². The highest BCUT2D eigenvalue weighted by Crippen LogP contribution is 2.26. The number of nitrogens with one attached hydrogen (secondary N) is 2. The van der Waals surface area contributed by atoms with Crippen LogP contribution in [0.5, 0.6) is 0 Å². The number of rotatable bonds is 6. The molecule has 1 aliphatic carbocycles. The maximum Gasteiger partial charge on any atom is 0.326 e. The summed E-state index contributed by atoms with van der Waals surface area (Å²) in [6.07, 6.45) is 5.29. The first-order valence-electron chi connectivity index (χ1n) is 6.98. The van der Waals surface area contributed by atoms with Gasteiger partial charge in [-0.2, -0.15) is 0 Å². The van der Waals surface area contributed by atoms with Gasteiger partial charge in [0.15, 0.2) is 0 Å². The molecule has 7 nitrogen and oxygen atoms in total. The summed E-state index contributed by atoms with van der Waals surface area (Å²) in [5, 5.41) is 13.9. The van der Waals surface area contributed by atoms with Gasteiger partial charge in [-0.15, -0.1) is 0 Å². The Labute approximate surface area is 118 Å². The quantitative estimate of drug-likeness (QED) is 0.570. The zero-order valence-corrected chi connectivity index (χ0v) is 11.7. The van der Waals surface area contributed by atoms with E-state index in [-0.39, 0.29) is 6.04 Å².